The lowest BCUT2D eigenvalue weighted by atomic mass is 10.1. The smallest absolute Gasteiger partial charge is 0.338 e. The molecule has 2 rings (SSSR count). The number of anilines is 1. The van der Waals surface area contributed by atoms with Crippen molar-refractivity contribution in [3.05, 3.63) is 51.0 Å². The van der Waals surface area contributed by atoms with Crippen LogP contribution < -0.4 is 5.32 Å². The zero-order valence-electron chi connectivity index (χ0n) is 10.7. The molecule has 0 aliphatic carbocycles. The van der Waals surface area contributed by atoms with E-state index in [1.807, 2.05) is 0 Å². The van der Waals surface area contributed by atoms with Crippen LogP contribution in [0.3, 0.4) is 0 Å². The van der Waals surface area contributed by atoms with Gasteiger partial charge in [-0.3, -0.25) is 20.2 Å². The van der Waals surface area contributed by atoms with Crippen molar-refractivity contribution < 1.29 is 19.2 Å². The number of benzene rings is 1. The zero-order valence-corrected chi connectivity index (χ0v) is 11.5. The Morgan fingerprint density at radius 1 is 1.33 bits per heavy atom. The lowest BCUT2D eigenvalue weighted by molar-refractivity contribution is -0.384. The molecule has 0 fully saturated rings. The second-order valence-corrected chi connectivity index (χ2v) is 4.70. The fourth-order valence-electron chi connectivity index (χ4n) is 1.54. The van der Waals surface area contributed by atoms with Crippen molar-refractivity contribution in [1.82, 2.24) is 4.98 Å². The molecule has 2 aromatic rings. The highest BCUT2D eigenvalue weighted by Gasteiger charge is 2.18. The summed E-state index contributed by atoms with van der Waals surface area (Å²) in [5.74, 6) is -1.36. The number of carbonyl (C=O) groups is 2. The van der Waals surface area contributed by atoms with Gasteiger partial charge in [0.05, 0.1) is 17.6 Å². The summed E-state index contributed by atoms with van der Waals surface area (Å²) in [6.45, 7) is 0. The van der Waals surface area contributed by atoms with E-state index in [1.54, 1.807) is 5.38 Å². The molecule has 0 atom stereocenters. The van der Waals surface area contributed by atoms with Gasteiger partial charge in [-0.2, -0.15) is 0 Å². The van der Waals surface area contributed by atoms with Crippen LogP contribution in [0.2, 0.25) is 0 Å². The van der Waals surface area contributed by atoms with Crippen molar-refractivity contribution in [2.24, 2.45) is 0 Å². The van der Waals surface area contributed by atoms with E-state index in [0.717, 1.165) is 19.2 Å². The quantitative estimate of drug-likeness (QED) is 0.526. The molecular formula is C12H9N3O5S. The number of ether oxygens (including phenoxy) is 1. The van der Waals surface area contributed by atoms with E-state index in [-0.39, 0.29) is 16.8 Å². The average molecular weight is 307 g/mol. The van der Waals surface area contributed by atoms with E-state index >= 15 is 0 Å². The van der Waals surface area contributed by atoms with Crippen LogP contribution in [0.1, 0.15) is 20.7 Å². The van der Waals surface area contributed by atoms with Crippen LogP contribution >= 0.6 is 11.3 Å². The normalized spacial score (nSPS) is 9.95. The van der Waals surface area contributed by atoms with Gasteiger partial charge in [-0.05, 0) is 6.07 Å². The van der Waals surface area contributed by atoms with Crippen molar-refractivity contribution in [2.45, 2.75) is 0 Å². The zero-order chi connectivity index (χ0) is 15.4. The molecule has 21 heavy (non-hydrogen) atoms. The number of rotatable bonds is 4. The number of aromatic nitrogens is 1. The van der Waals surface area contributed by atoms with Crippen LogP contribution in [0.15, 0.2) is 29.8 Å². The fourth-order valence-corrected chi connectivity index (χ4v) is 2.06. The SMILES string of the molecule is COC(=O)c1cc(C(=O)Nc2nccs2)cc([N+](=O)[O-])c1. The molecular weight excluding hydrogens is 298 g/mol. The molecule has 0 bridgehead atoms. The predicted octanol–water partition coefficient (Wildman–Crippen LogP) is 2.09. The second-order valence-electron chi connectivity index (χ2n) is 3.81. The molecule has 1 aromatic heterocycles. The molecule has 1 N–H and O–H groups in total. The van der Waals surface area contributed by atoms with Gasteiger partial charge in [0.2, 0.25) is 0 Å². The Bertz CT molecular complexity index is 699. The first kappa shape index (κ1) is 14.6. The van der Waals surface area contributed by atoms with E-state index in [1.165, 1.54) is 23.6 Å². The van der Waals surface area contributed by atoms with Gasteiger partial charge in [-0.1, -0.05) is 0 Å². The van der Waals surface area contributed by atoms with Gasteiger partial charge in [-0.25, -0.2) is 9.78 Å². The number of nitrogens with one attached hydrogen (secondary N) is 1. The molecule has 1 amide bonds. The number of hydrogen-bond donors (Lipinski definition) is 1. The maximum atomic E-state index is 12.0. The van der Waals surface area contributed by atoms with Crippen LogP contribution in [0.4, 0.5) is 10.8 Å². The van der Waals surface area contributed by atoms with E-state index in [9.17, 15) is 19.7 Å². The summed E-state index contributed by atoms with van der Waals surface area (Å²) in [6.07, 6.45) is 1.51. The van der Waals surface area contributed by atoms with Gasteiger partial charge < -0.3 is 4.74 Å². The molecule has 1 aromatic carbocycles. The molecule has 1 heterocycles. The van der Waals surface area contributed by atoms with Crippen molar-refractivity contribution >= 4 is 34.0 Å². The highest BCUT2D eigenvalue weighted by molar-refractivity contribution is 7.13. The Balaban J connectivity index is 2.37. The molecule has 0 aliphatic heterocycles. The summed E-state index contributed by atoms with van der Waals surface area (Å²) >= 11 is 1.20. The summed E-state index contributed by atoms with van der Waals surface area (Å²) < 4.78 is 4.51. The Morgan fingerprint density at radius 2 is 2.05 bits per heavy atom. The van der Waals surface area contributed by atoms with Crippen LogP contribution in [0.5, 0.6) is 0 Å². The molecule has 0 aliphatic rings. The number of methoxy groups -OCH3 is 1. The molecule has 0 saturated carbocycles. The van der Waals surface area contributed by atoms with Crippen LogP contribution in [0, 0.1) is 10.1 Å². The number of nitro benzene ring substituents is 1. The number of thiazole rings is 1. The van der Waals surface area contributed by atoms with E-state index in [4.69, 9.17) is 0 Å². The summed E-state index contributed by atoms with van der Waals surface area (Å²) in [4.78, 5) is 37.6. The molecule has 0 radical (unpaired) electrons. The summed E-state index contributed by atoms with van der Waals surface area (Å²) in [5, 5.41) is 15.4. The topological polar surface area (TPSA) is 111 Å². The predicted molar refractivity (Wildman–Crippen MR) is 74.5 cm³/mol. The van der Waals surface area contributed by atoms with Gasteiger partial charge in [0.25, 0.3) is 11.6 Å². The maximum Gasteiger partial charge on any atom is 0.338 e. The Hall–Kier alpha value is -2.81. The van der Waals surface area contributed by atoms with E-state index < -0.39 is 16.8 Å². The van der Waals surface area contributed by atoms with Crippen LogP contribution in [-0.4, -0.2) is 28.9 Å². The highest BCUT2D eigenvalue weighted by atomic mass is 32.1. The van der Waals surface area contributed by atoms with Crippen LogP contribution in [0.25, 0.3) is 0 Å². The molecule has 9 heteroatoms. The third kappa shape index (κ3) is 3.39. The first-order chi connectivity index (χ1) is 10.0. The molecule has 0 saturated heterocycles. The van der Waals surface area contributed by atoms with E-state index in [0.29, 0.717) is 5.13 Å². The second kappa shape index (κ2) is 6.09. The van der Waals surface area contributed by atoms with E-state index in [2.05, 4.69) is 15.0 Å². The monoisotopic (exact) mass is 307 g/mol. The number of nitro groups is 1. The number of hydrogen-bond acceptors (Lipinski definition) is 7. The minimum Gasteiger partial charge on any atom is -0.465 e. The number of amides is 1. The molecule has 108 valence electrons. The lowest BCUT2D eigenvalue weighted by Gasteiger charge is -2.05. The highest BCUT2D eigenvalue weighted by Crippen LogP contribution is 2.20. The van der Waals surface area contributed by atoms with Gasteiger partial charge in [0.15, 0.2) is 5.13 Å². The first-order valence-corrected chi connectivity index (χ1v) is 6.48. The molecule has 0 spiro atoms. The Morgan fingerprint density at radius 3 is 2.62 bits per heavy atom. The maximum absolute atomic E-state index is 12.0. The van der Waals surface area contributed by atoms with Gasteiger partial charge in [0.1, 0.15) is 0 Å². The standard InChI is InChI=1S/C12H9N3O5S/c1-20-11(17)8-4-7(5-9(6-8)15(18)19)10(16)14-12-13-2-3-21-12/h2-6H,1H3,(H,13,14,16). The van der Waals surface area contributed by atoms with Crippen molar-refractivity contribution in [3.63, 3.8) is 0 Å². The Labute approximate surface area is 122 Å². The summed E-state index contributed by atoms with van der Waals surface area (Å²) in [6, 6.07) is 3.35. The first-order valence-electron chi connectivity index (χ1n) is 5.60. The minimum atomic E-state index is -0.762. The fraction of sp³-hybridized carbons (Fsp3) is 0.0833. The molecule has 0 unspecified atom stereocenters. The van der Waals surface area contributed by atoms with Crippen LogP contribution in [-0.2, 0) is 4.74 Å². The van der Waals surface area contributed by atoms with Gasteiger partial charge >= 0.3 is 5.97 Å². The third-order valence-corrected chi connectivity index (χ3v) is 3.15. The average Bonchev–Trinajstić information content (AvgIpc) is 2.98. The number of carbonyl (C=O) groups excluding carboxylic acids is 2. The van der Waals surface area contributed by atoms with Gasteiger partial charge in [0, 0.05) is 29.3 Å². The number of esters is 1. The minimum absolute atomic E-state index is 0.0280. The Kier molecular flexibility index (Phi) is 4.24. The summed E-state index contributed by atoms with van der Waals surface area (Å²) in [7, 11) is 1.15. The van der Waals surface area contributed by atoms with Crippen molar-refractivity contribution in [1.29, 1.82) is 0 Å². The largest absolute Gasteiger partial charge is 0.465 e. The van der Waals surface area contributed by atoms with Gasteiger partial charge in [-0.15, -0.1) is 11.3 Å². The molecule has 8 nitrogen and oxygen atoms in total. The number of nitrogens with zero attached hydrogens (tertiary/aromatic N) is 2. The van der Waals surface area contributed by atoms with Crippen molar-refractivity contribution in [2.75, 3.05) is 12.4 Å². The van der Waals surface area contributed by atoms with Crippen molar-refractivity contribution in [3.8, 4) is 0 Å². The third-order valence-electron chi connectivity index (χ3n) is 2.46. The summed E-state index contributed by atoms with van der Waals surface area (Å²) in [5.41, 5.74) is -0.474. The number of non-ortho nitro benzene ring substituents is 1. The lowest BCUT2D eigenvalue weighted by Crippen LogP contribution is -2.13.